The van der Waals surface area contributed by atoms with Crippen LogP contribution in [0, 0.1) is 11.3 Å². The maximum atomic E-state index is 14.0. The molecule has 6 rings (SSSR count). The van der Waals surface area contributed by atoms with Gasteiger partial charge in [-0.2, -0.15) is 15.2 Å². The molecule has 2 fully saturated rings. The summed E-state index contributed by atoms with van der Waals surface area (Å²) in [6.45, 7) is 5.39. The van der Waals surface area contributed by atoms with Crippen molar-refractivity contribution in [3.8, 4) is 12.1 Å². The Morgan fingerprint density at radius 1 is 1.07 bits per heavy atom. The summed E-state index contributed by atoms with van der Waals surface area (Å²) in [4.78, 5) is 30.4. The number of piperazine rings is 1. The first kappa shape index (κ1) is 27.2. The van der Waals surface area contributed by atoms with Crippen molar-refractivity contribution in [2.24, 2.45) is 0 Å². The lowest BCUT2D eigenvalue weighted by atomic mass is 10.0. The average molecular weight is 558 g/mol. The third-order valence-electron chi connectivity index (χ3n) is 8.69. The number of halogens is 1. The summed E-state index contributed by atoms with van der Waals surface area (Å²) in [5.74, 6) is 0.799. The van der Waals surface area contributed by atoms with Gasteiger partial charge in [-0.25, -0.2) is 4.39 Å². The van der Waals surface area contributed by atoms with E-state index < -0.39 is 6.17 Å². The molecule has 3 aliphatic rings. The molecule has 1 aromatic heterocycles. The Morgan fingerprint density at radius 3 is 2.68 bits per heavy atom. The number of aromatic nitrogens is 2. The van der Waals surface area contributed by atoms with Gasteiger partial charge in [0.05, 0.1) is 30.8 Å². The van der Waals surface area contributed by atoms with Crippen molar-refractivity contribution in [2.45, 2.75) is 51.0 Å². The number of carbonyl (C=O) groups excluding carboxylic acids is 1. The van der Waals surface area contributed by atoms with E-state index in [-0.39, 0.29) is 24.4 Å². The predicted octanol–water partition coefficient (Wildman–Crippen LogP) is 3.56. The zero-order valence-electron chi connectivity index (χ0n) is 23.7. The van der Waals surface area contributed by atoms with E-state index in [2.05, 4.69) is 58.3 Å². The number of hydrogen-bond donors (Lipinski definition) is 0. The first-order valence-electron chi connectivity index (χ1n) is 14.4. The summed E-state index contributed by atoms with van der Waals surface area (Å²) in [5, 5.41) is 11.8. The number of amides is 1. The molecule has 1 unspecified atom stereocenters. The van der Waals surface area contributed by atoms with Crippen molar-refractivity contribution in [3.63, 3.8) is 0 Å². The van der Waals surface area contributed by atoms with Crippen LogP contribution in [0.15, 0.2) is 42.5 Å². The minimum atomic E-state index is -0.850. The van der Waals surface area contributed by atoms with Crippen molar-refractivity contribution < 1.29 is 13.9 Å². The number of likely N-dealkylation sites (N-methyl/N-ethyl adjacent to an activating group) is 1. The van der Waals surface area contributed by atoms with Gasteiger partial charge < -0.3 is 19.4 Å². The first-order valence-corrected chi connectivity index (χ1v) is 14.4. The van der Waals surface area contributed by atoms with Gasteiger partial charge >= 0.3 is 6.01 Å². The van der Waals surface area contributed by atoms with Crippen molar-refractivity contribution >= 4 is 28.2 Å². The van der Waals surface area contributed by atoms with E-state index in [4.69, 9.17) is 14.7 Å². The molecule has 4 heterocycles. The Hall–Kier alpha value is -3.97. The molecule has 41 heavy (non-hydrogen) atoms. The summed E-state index contributed by atoms with van der Waals surface area (Å²) >= 11 is 0. The number of carbonyl (C=O) groups is 1. The van der Waals surface area contributed by atoms with Crippen LogP contribution in [-0.2, 0) is 17.8 Å². The average Bonchev–Trinajstić information content (AvgIpc) is 3.31. The van der Waals surface area contributed by atoms with E-state index in [1.54, 1.807) is 11.8 Å². The maximum Gasteiger partial charge on any atom is 0.318 e. The molecule has 0 N–H and O–H groups in total. The predicted molar refractivity (Wildman–Crippen MR) is 156 cm³/mol. The van der Waals surface area contributed by atoms with Crippen LogP contribution >= 0.6 is 0 Å². The Kier molecular flexibility index (Phi) is 7.63. The summed E-state index contributed by atoms with van der Waals surface area (Å²) in [5.41, 5.74) is 3.17. The molecule has 9 nitrogen and oxygen atoms in total. The third kappa shape index (κ3) is 5.51. The Labute approximate surface area is 240 Å². The van der Waals surface area contributed by atoms with Crippen LogP contribution in [0.2, 0.25) is 0 Å². The number of alkyl halides is 1. The van der Waals surface area contributed by atoms with Gasteiger partial charge in [0.25, 0.3) is 0 Å². The molecular weight excluding hydrogens is 521 g/mol. The zero-order valence-corrected chi connectivity index (χ0v) is 23.7. The van der Waals surface area contributed by atoms with E-state index in [1.165, 1.54) is 16.5 Å². The quantitative estimate of drug-likeness (QED) is 0.455. The number of hydrogen-bond acceptors (Lipinski definition) is 8. The highest BCUT2D eigenvalue weighted by Crippen LogP contribution is 2.35. The fourth-order valence-electron chi connectivity index (χ4n) is 6.52. The highest BCUT2D eigenvalue weighted by atomic mass is 19.1. The molecule has 0 saturated carbocycles. The Bertz CT molecular complexity index is 1470. The monoisotopic (exact) mass is 557 g/mol. The largest absolute Gasteiger partial charge is 0.462 e. The maximum absolute atomic E-state index is 14.0. The van der Waals surface area contributed by atoms with Crippen LogP contribution in [0.25, 0.3) is 10.8 Å². The molecule has 1 amide bonds. The number of fused-ring (bicyclic) bond motifs is 2. The van der Waals surface area contributed by atoms with E-state index in [1.807, 2.05) is 11.9 Å². The number of anilines is 2. The molecule has 2 aromatic carbocycles. The molecular formula is C31H36FN7O2. The zero-order chi connectivity index (χ0) is 28.5. The number of nitrogens with zero attached hydrogens (tertiary/aromatic N) is 7. The van der Waals surface area contributed by atoms with Gasteiger partial charge in [-0.3, -0.25) is 9.69 Å². The second-order valence-corrected chi connectivity index (χ2v) is 11.3. The summed E-state index contributed by atoms with van der Waals surface area (Å²) < 4.78 is 20.2. The minimum Gasteiger partial charge on any atom is -0.462 e. The number of nitriles is 1. The van der Waals surface area contributed by atoms with Crippen LogP contribution in [0.1, 0.15) is 31.0 Å². The van der Waals surface area contributed by atoms with Crippen LogP contribution in [0.4, 0.5) is 15.9 Å². The van der Waals surface area contributed by atoms with Crippen LogP contribution in [-0.4, -0.2) is 90.3 Å². The van der Waals surface area contributed by atoms with Crippen molar-refractivity contribution in [3.05, 3.63) is 53.7 Å². The molecule has 0 aliphatic carbocycles. The van der Waals surface area contributed by atoms with Gasteiger partial charge in [0.1, 0.15) is 18.6 Å². The van der Waals surface area contributed by atoms with Gasteiger partial charge in [0.15, 0.2) is 0 Å². The topological polar surface area (TPSA) is 88.8 Å². The lowest BCUT2D eigenvalue weighted by molar-refractivity contribution is -0.131. The van der Waals surface area contributed by atoms with E-state index in [0.29, 0.717) is 51.8 Å². The number of benzene rings is 2. The van der Waals surface area contributed by atoms with E-state index in [9.17, 15) is 14.4 Å². The number of rotatable bonds is 6. The van der Waals surface area contributed by atoms with Crippen LogP contribution in [0.3, 0.4) is 0 Å². The van der Waals surface area contributed by atoms with Crippen molar-refractivity contribution in [2.75, 3.05) is 56.2 Å². The normalized spacial score (nSPS) is 23.0. The van der Waals surface area contributed by atoms with Gasteiger partial charge in [-0.05, 0) is 31.3 Å². The molecule has 10 heteroatoms. The molecule has 3 atom stereocenters. The van der Waals surface area contributed by atoms with Gasteiger partial charge in [-0.1, -0.05) is 36.4 Å². The first-order chi connectivity index (χ1) is 19.9. The highest BCUT2D eigenvalue weighted by molar-refractivity contribution is 5.94. The smallest absolute Gasteiger partial charge is 0.318 e. The minimum absolute atomic E-state index is 0.0174. The summed E-state index contributed by atoms with van der Waals surface area (Å²) in [6.07, 6.45) is 0.614. The molecule has 214 valence electrons. The van der Waals surface area contributed by atoms with E-state index >= 15 is 0 Å². The molecule has 0 radical (unpaired) electrons. The van der Waals surface area contributed by atoms with E-state index in [0.717, 1.165) is 30.0 Å². The third-order valence-corrected chi connectivity index (χ3v) is 8.69. The fraction of sp³-hybridized carbons (Fsp3) is 0.484. The number of ether oxygens (including phenoxy) is 1. The lowest BCUT2D eigenvalue weighted by Gasteiger charge is -2.42. The van der Waals surface area contributed by atoms with Crippen molar-refractivity contribution in [1.82, 2.24) is 19.8 Å². The fourth-order valence-corrected chi connectivity index (χ4v) is 6.52. The molecule has 0 spiro atoms. The SMILES string of the molecule is CC(=O)N1CCN(c2nc(OC[C@@H]3C[C@@H](F)CN3C)nc3c2CCN(c2cccc4ccccc24)C3)CC1CC#N. The Morgan fingerprint density at radius 2 is 1.90 bits per heavy atom. The molecule has 0 bridgehead atoms. The molecule has 3 aliphatic heterocycles. The van der Waals surface area contributed by atoms with Gasteiger partial charge in [-0.15, -0.1) is 0 Å². The molecule has 2 saturated heterocycles. The second kappa shape index (κ2) is 11.5. The lowest BCUT2D eigenvalue weighted by Crippen LogP contribution is -2.55. The Balaban J connectivity index is 1.32. The summed E-state index contributed by atoms with van der Waals surface area (Å²) in [7, 11) is 1.92. The van der Waals surface area contributed by atoms with Gasteiger partial charge in [0, 0.05) is 62.3 Å². The second-order valence-electron chi connectivity index (χ2n) is 11.3. The van der Waals surface area contributed by atoms with Crippen LogP contribution < -0.4 is 14.5 Å². The molecule has 3 aromatic rings. The standard InChI is InChI=1S/C31H36FN7O2/c1-21(40)39-15-14-38(18-24(39)10-12-33)30-27-11-13-37(29-9-5-7-22-6-3-4-8-26(22)29)19-28(27)34-31(35-30)41-20-25-16-23(32)17-36(25)2/h3-9,23-25H,10-11,13-20H2,1-2H3/t23-,24?,25+/m1/s1. The van der Waals surface area contributed by atoms with Crippen molar-refractivity contribution in [1.29, 1.82) is 5.26 Å². The van der Waals surface area contributed by atoms with Crippen LogP contribution in [0.5, 0.6) is 6.01 Å². The summed E-state index contributed by atoms with van der Waals surface area (Å²) in [6, 6.07) is 17.1. The highest BCUT2D eigenvalue weighted by Gasteiger charge is 2.34. The van der Waals surface area contributed by atoms with Gasteiger partial charge in [0.2, 0.25) is 5.91 Å². The number of likely N-dealkylation sites (tertiary alicyclic amines) is 1.